The van der Waals surface area contributed by atoms with Crippen LogP contribution in [0.4, 0.5) is 11.5 Å². The number of aromatic nitrogens is 1. The third-order valence-electron chi connectivity index (χ3n) is 7.11. The van der Waals surface area contributed by atoms with Gasteiger partial charge in [0.1, 0.15) is 10.7 Å². The maximum Gasteiger partial charge on any atom is 0.348 e. The van der Waals surface area contributed by atoms with E-state index in [1.165, 1.54) is 29.7 Å². The highest BCUT2D eigenvalue weighted by molar-refractivity contribution is 7.97. The number of aliphatic hydroxyl groups excluding tert-OH is 1. The molecule has 38 heavy (non-hydrogen) atoms. The van der Waals surface area contributed by atoms with Gasteiger partial charge in [-0.25, -0.2) is 14.1 Å². The number of amides is 1. The Labute approximate surface area is 230 Å². The van der Waals surface area contributed by atoms with Crippen LogP contribution in [0.15, 0.2) is 59.6 Å². The second-order valence-electron chi connectivity index (χ2n) is 9.67. The molecule has 2 aliphatic rings. The Kier molecular flexibility index (Phi) is 8.63. The molecule has 3 aromatic rings. The summed E-state index contributed by atoms with van der Waals surface area (Å²) in [5, 5.41) is 22.1. The first-order valence-corrected chi connectivity index (χ1v) is 14.6. The number of pyridine rings is 1. The van der Waals surface area contributed by atoms with Crippen LogP contribution in [-0.4, -0.2) is 63.7 Å². The van der Waals surface area contributed by atoms with Crippen molar-refractivity contribution in [3.05, 3.63) is 59.6 Å². The molecule has 2 aromatic heterocycles. The van der Waals surface area contributed by atoms with Gasteiger partial charge < -0.3 is 20.4 Å². The highest BCUT2D eigenvalue weighted by Crippen LogP contribution is 2.42. The van der Waals surface area contributed by atoms with Crippen LogP contribution >= 0.6 is 23.3 Å². The fourth-order valence-corrected chi connectivity index (χ4v) is 7.28. The first-order chi connectivity index (χ1) is 18.5. The number of carbonyl (C=O) groups is 2. The van der Waals surface area contributed by atoms with E-state index in [0.29, 0.717) is 30.5 Å². The molecule has 8 nitrogen and oxygen atoms in total. The number of rotatable bonds is 9. The largest absolute Gasteiger partial charge is 0.477 e. The van der Waals surface area contributed by atoms with Gasteiger partial charge >= 0.3 is 5.97 Å². The van der Waals surface area contributed by atoms with E-state index >= 15 is 0 Å². The van der Waals surface area contributed by atoms with E-state index in [0.717, 1.165) is 41.0 Å². The summed E-state index contributed by atoms with van der Waals surface area (Å²) in [6.45, 7) is 1.31. The molecule has 200 valence electrons. The summed E-state index contributed by atoms with van der Waals surface area (Å²) in [6.07, 6.45) is 7.31. The van der Waals surface area contributed by atoms with Gasteiger partial charge in [-0.05, 0) is 54.5 Å². The lowest BCUT2D eigenvalue weighted by Crippen LogP contribution is -2.58. The smallest absolute Gasteiger partial charge is 0.348 e. The molecule has 1 aliphatic heterocycles. The van der Waals surface area contributed by atoms with Crippen molar-refractivity contribution in [2.75, 3.05) is 36.5 Å². The normalized spacial score (nSPS) is 19.0. The Balaban J connectivity index is 1.42. The molecular formula is C28H32N4O4S2. The van der Waals surface area contributed by atoms with E-state index < -0.39 is 5.97 Å². The van der Waals surface area contributed by atoms with Gasteiger partial charge in [0.2, 0.25) is 5.91 Å². The second kappa shape index (κ2) is 12.3. The monoisotopic (exact) mass is 552 g/mol. The number of benzene rings is 1. The van der Waals surface area contributed by atoms with Crippen LogP contribution in [0.1, 0.15) is 41.8 Å². The molecular weight excluding hydrogens is 520 g/mol. The van der Waals surface area contributed by atoms with Crippen molar-refractivity contribution in [3.63, 3.8) is 0 Å². The standard InChI is InChI=1S/C28H32N4O4S2/c33-14-13-29-25-12-11-21(16-30-25)38-31-17-23(19-7-3-1-4-8-19)32(26(34)18-31)22-15-24(37-27(22)28(35)36)20-9-5-2-6-10-20/h2,5-6,9-12,15-16,19,23,33H,1,3-4,7-8,13-14,17-18H2,(H,29,30)(H,35,36). The minimum atomic E-state index is -1.000. The molecule has 3 N–H and O–H groups in total. The van der Waals surface area contributed by atoms with Crippen molar-refractivity contribution in [2.24, 2.45) is 5.92 Å². The molecule has 1 aromatic carbocycles. The lowest BCUT2D eigenvalue weighted by molar-refractivity contribution is -0.121. The van der Waals surface area contributed by atoms with Crippen LogP contribution in [0.25, 0.3) is 10.4 Å². The zero-order chi connectivity index (χ0) is 26.5. The Bertz CT molecular complexity index is 1250. The molecule has 1 saturated heterocycles. The number of piperazine rings is 1. The summed E-state index contributed by atoms with van der Waals surface area (Å²) in [5.41, 5.74) is 1.47. The number of aliphatic hydroxyl groups is 1. The van der Waals surface area contributed by atoms with Crippen molar-refractivity contribution in [2.45, 2.75) is 43.0 Å². The molecule has 3 heterocycles. The van der Waals surface area contributed by atoms with E-state index in [2.05, 4.69) is 14.6 Å². The molecule has 1 aliphatic carbocycles. The van der Waals surface area contributed by atoms with Crippen molar-refractivity contribution >= 4 is 46.7 Å². The van der Waals surface area contributed by atoms with Gasteiger partial charge in [-0.1, -0.05) is 49.6 Å². The van der Waals surface area contributed by atoms with Crippen LogP contribution < -0.4 is 10.2 Å². The zero-order valence-corrected chi connectivity index (χ0v) is 22.7. The number of nitrogens with zero attached hydrogens (tertiary/aromatic N) is 3. The Morgan fingerprint density at radius 2 is 1.92 bits per heavy atom. The molecule has 1 amide bonds. The van der Waals surface area contributed by atoms with E-state index in [4.69, 9.17) is 5.11 Å². The number of carboxylic acids is 1. The number of thiophene rings is 1. The summed E-state index contributed by atoms with van der Waals surface area (Å²) in [7, 11) is 0. The predicted octanol–water partition coefficient (Wildman–Crippen LogP) is 5.22. The predicted molar refractivity (Wildman–Crippen MR) is 152 cm³/mol. The van der Waals surface area contributed by atoms with Gasteiger partial charge in [0.15, 0.2) is 0 Å². The topological polar surface area (TPSA) is 106 Å². The minimum absolute atomic E-state index is 0.0354. The van der Waals surface area contributed by atoms with Crippen molar-refractivity contribution in [3.8, 4) is 10.4 Å². The van der Waals surface area contributed by atoms with Crippen molar-refractivity contribution < 1.29 is 19.8 Å². The maximum absolute atomic E-state index is 13.8. The van der Waals surface area contributed by atoms with Crippen molar-refractivity contribution in [1.82, 2.24) is 9.29 Å². The lowest BCUT2D eigenvalue weighted by atomic mass is 9.82. The summed E-state index contributed by atoms with van der Waals surface area (Å²) in [5.74, 6) is -0.0631. The van der Waals surface area contributed by atoms with E-state index in [1.54, 1.807) is 11.1 Å². The van der Waals surface area contributed by atoms with Crippen LogP contribution in [0.2, 0.25) is 0 Å². The number of anilines is 2. The summed E-state index contributed by atoms with van der Waals surface area (Å²) < 4.78 is 2.08. The van der Waals surface area contributed by atoms with Gasteiger partial charge in [-0.3, -0.25) is 4.79 Å². The highest BCUT2D eigenvalue weighted by atomic mass is 32.2. The van der Waals surface area contributed by atoms with Crippen LogP contribution in [-0.2, 0) is 4.79 Å². The molecule has 1 saturated carbocycles. The molecule has 0 bridgehead atoms. The fourth-order valence-electron chi connectivity index (χ4n) is 5.36. The zero-order valence-electron chi connectivity index (χ0n) is 21.1. The summed E-state index contributed by atoms with van der Waals surface area (Å²) >= 11 is 2.74. The number of nitrogens with one attached hydrogen (secondary N) is 1. The molecule has 5 rings (SSSR count). The van der Waals surface area contributed by atoms with Gasteiger partial charge in [0, 0.05) is 29.1 Å². The van der Waals surface area contributed by atoms with Gasteiger partial charge in [0.05, 0.1) is 24.9 Å². The average Bonchev–Trinajstić information content (AvgIpc) is 3.39. The highest BCUT2D eigenvalue weighted by Gasteiger charge is 2.41. The molecule has 10 heteroatoms. The molecule has 1 unspecified atom stereocenters. The minimum Gasteiger partial charge on any atom is -0.477 e. The molecule has 1 atom stereocenters. The van der Waals surface area contributed by atoms with Crippen LogP contribution in [0.5, 0.6) is 0 Å². The fraction of sp³-hybridized carbons (Fsp3) is 0.393. The van der Waals surface area contributed by atoms with E-state index in [9.17, 15) is 14.7 Å². The quantitative estimate of drug-likeness (QED) is 0.311. The second-order valence-corrected chi connectivity index (χ2v) is 11.9. The summed E-state index contributed by atoms with van der Waals surface area (Å²) in [4.78, 5) is 34.3. The lowest BCUT2D eigenvalue weighted by Gasteiger charge is -2.45. The third-order valence-corrected chi connectivity index (χ3v) is 9.26. The van der Waals surface area contributed by atoms with Gasteiger partial charge in [-0.15, -0.1) is 11.3 Å². The van der Waals surface area contributed by atoms with Crippen LogP contribution in [0.3, 0.4) is 0 Å². The number of carbonyl (C=O) groups excluding carboxylic acids is 1. The molecule has 0 spiro atoms. The van der Waals surface area contributed by atoms with Crippen molar-refractivity contribution in [1.29, 1.82) is 0 Å². The number of aromatic carboxylic acids is 1. The van der Waals surface area contributed by atoms with Gasteiger partial charge in [-0.2, -0.15) is 0 Å². The third kappa shape index (κ3) is 6.04. The Hall–Kier alpha value is -2.92. The van der Waals surface area contributed by atoms with E-state index in [-0.39, 0.29) is 30.0 Å². The van der Waals surface area contributed by atoms with Crippen LogP contribution in [0, 0.1) is 5.92 Å². The Morgan fingerprint density at radius 3 is 2.61 bits per heavy atom. The first-order valence-electron chi connectivity index (χ1n) is 13.0. The molecule has 0 radical (unpaired) electrons. The number of hydrogen-bond acceptors (Lipinski definition) is 8. The molecule has 2 fully saturated rings. The Morgan fingerprint density at radius 1 is 1.13 bits per heavy atom. The SMILES string of the molecule is O=C(O)c1sc(-c2ccccc2)cc1N1C(=O)CN(Sc2ccc(NCCO)nc2)CC1C1CCCCC1. The first kappa shape index (κ1) is 26.7. The maximum atomic E-state index is 13.8. The summed E-state index contributed by atoms with van der Waals surface area (Å²) in [6, 6.07) is 15.4. The van der Waals surface area contributed by atoms with Gasteiger partial charge in [0.25, 0.3) is 0 Å². The average molecular weight is 553 g/mol. The van der Waals surface area contributed by atoms with E-state index in [1.807, 2.05) is 48.5 Å². The number of hydrogen-bond donors (Lipinski definition) is 3. The number of carboxylic acid groups (broad SMARTS) is 1.